The first-order chi connectivity index (χ1) is 13.5. The van der Waals surface area contributed by atoms with Gasteiger partial charge in [-0.15, -0.1) is 0 Å². The number of benzene rings is 2. The lowest BCUT2D eigenvalue weighted by Gasteiger charge is -2.39. The van der Waals surface area contributed by atoms with E-state index in [2.05, 4.69) is 31.3 Å². The van der Waals surface area contributed by atoms with Gasteiger partial charge in [0.2, 0.25) is 0 Å². The van der Waals surface area contributed by atoms with Gasteiger partial charge in [-0.2, -0.15) is 0 Å². The van der Waals surface area contributed by atoms with Crippen LogP contribution in [-0.2, 0) is 11.3 Å². The molecule has 3 rings (SSSR count). The van der Waals surface area contributed by atoms with E-state index >= 15 is 0 Å². The Morgan fingerprint density at radius 2 is 1.86 bits per heavy atom. The smallest absolute Gasteiger partial charge is 0.123 e. The minimum absolute atomic E-state index is 0.0754. The monoisotopic (exact) mass is 386 g/mol. The molecule has 0 unspecified atom stereocenters. The van der Waals surface area contributed by atoms with E-state index in [-0.39, 0.29) is 11.4 Å². The third-order valence-corrected chi connectivity index (χ3v) is 5.82. The molecule has 2 aromatic rings. The zero-order chi connectivity index (χ0) is 20.0. The van der Waals surface area contributed by atoms with E-state index in [4.69, 9.17) is 9.47 Å². The first kappa shape index (κ1) is 20.8. The highest BCUT2D eigenvalue weighted by Gasteiger charge is 2.34. The Bertz CT molecular complexity index is 727. The van der Waals surface area contributed by atoms with E-state index in [1.807, 2.05) is 24.3 Å². The summed E-state index contributed by atoms with van der Waals surface area (Å²) in [6, 6.07) is 15.4. The largest absolute Gasteiger partial charge is 0.497 e. The predicted octanol–water partition coefficient (Wildman–Crippen LogP) is 4.28. The van der Waals surface area contributed by atoms with Gasteiger partial charge in [-0.25, -0.2) is 4.39 Å². The van der Waals surface area contributed by atoms with Crippen LogP contribution in [-0.4, -0.2) is 25.9 Å². The Kier molecular flexibility index (Phi) is 7.08. The maximum Gasteiger partial charge on any atom is 0.123 e. The summed E-state index contributed by atoms with van der Waals surface area (Å²) in [4.78, 5) is 0. The van der Waals surface area contributed by atoms with Crippen molar-refractivity contribution >= 4 is 0 Å². The summed E-state index contributed by atoms with van der Waals surface area (Å²) in [5.74, 6) is 1.74. The summed E-state index contributed by atoms with van der Waals surface area (Å²) < 4.78 is 24.6. The van der Waals surface area contributed by atoms with Crippen LogP contribution in [0.4, 0.5) is 4.39 Å². The number of quaternary nitrogens is 1. The molecule has 1 heterocycles. The number of halogens is 1. The van der Waals surface area contributed by atoms with Gasteiger partial charge in [0, 0.05) is 18.6 Å². The van der Waals surface area contributed by atoms with Crippen molar-refractivity contribution in [2.75, 3.05) is 20.3 Å². The van der Waals surface area contributed by atoms with Crippen molar-refractivity contribution in [3.8, 4) is 5.75 Å². The zero-order valence-electron chi connectivity index (χ0n) is 17.3. The highest BCUT2D eigenvalue weighted by atomic mass is 19.1. The second kappa shape index (κ2) is 9.53. The topological polar surface area (TPSA) is 35.1 Å². The van der Waals surface area contributed by atoms with Gasteiger partial charge >= 0.3 is 0 Å². The molecule has 4 heteroatoms. The lowest BCUT2D eigenvalue weighted by Crippen LogP contribution is -2.82. The molecule has 28 heavy (non-hydrogen) atoms. The molecule has 1 saturated heterocycles. The molecule has 2 aromatic carbocycles. The average Bonchev–Trinajstić information content (AvgIpc) is 2.69. The van der Waals surface area contributed by atoms with Crippen LogP contribution >= 0.6 is 0 Å². The molecule has 2 N–H and O–H groups in total. The fraction of sp³-hybridized carbons (Fsp3) is 0.500. The number of ether oxygens (including phenoxy) is 2. The maximum absolute atomic E-state index is 13.4. The van der Waals surface area contributed by atoms with Gasteiger partial charge in [0.1, 0.15) is 18.1 Å². The van der Waals surface area contributed by atoms with E-state index in [1.165, 1.54) is 11.1 Å². The number of rotatable bonds is 8. The summed E-state index contributed by atoms with van der Waals surface area (Å²) in [5.41, 5.74) is 2.47. The van der Waals surface area contributed by atoms with Crippen molar-refractivity contribution in [3.05, 3.63) is 65.5 Å². The highest BCUT2D eigenvalue weighted by molar-refractivity contribution is 5.26. The van der Waals surface area contributed by atoms with E-state index in [1.54, 1.807) is 19.2 Å². The second-order valence-electron chi connectivity index (χ2n) is 8.44. The predicted molar refractivity (Wildman–Crippen MR) is 110 cm³/mol. The minimum atomic E-state index is -0.166. The van der Waals surface area contributed by atoms with Gasteiger partial charge in [-0.1, -0.05) is 12.1 Å². The van der Waals surface area contributed by atoms with Crippen LogP contribution in [0.1, 0.15) is 50.2 Å². The molecule has 0 radical (unpaired) electrons. The number of nitrogens with two attached hydrogens (primary N) is 1. The fourth-order valence-electron chi connectivity index (χ4n) is 4.33. The SMILES string of the molecule is COc1ccc(C[NH2+]CC[C@H](c2ccc(F)cc2)[C@@H]2CCOC(C)(C)C2)cc1. The molecule has 3 nitrogen and oxygen atoms in total. The van der Waals surface area contributed by atoms with Gasteiger partial charge in [0.15, 0.2) is 0 Å². The van der Waals surface area contributed by atoms with Crippen molar-refractivity contribution < 1.29 is 19.2 Å². The van der Waals surface area contributed by atoms with Crippen LogP contribution in [0.15, 0.2) is 48.5 Å². The molecular formula is C24H33FNO2+. The second-order valence-corrected chi connectivity index (χ2v) is 8.44. The molecular weight excluding hydrogens is 353 g/mol. The summed E-state index contributed by atoms with van der Waals surface area (Å²) in [6.07, 6.45) is 3.21. The molecule has 0 spiro atoms. The van der Waals surface area contributed by atoms with E-state index < -0.39 is 0 Å². The average molecular weight is 387 g/mol. The van der Waals surface area contributed by atoms with Crippen LogP contribution < -0.4 is 10.1 Å². The maximum atomic E-state index is 13.4. The third-order valence-electron chi connectivity index (χ3n) is 5.82. The summed E-state index contributed by atoms with van der Waals surface area (Å²) in [7, 11) is 1.69. The standard InChI is InChI=1S/C24H32FNO2/c1-24(2)16-20(13-15-28-24)23(19-6-8-21(25)9-7-19)12-14-26-17-18-4-10-22(27-3)11-5-18/h4-11,20,23,26H,12-17H2,1-3H3/p+1/t20-,23-/m1/s1. The molecule has 1 aliphatic heterocycles. The van der Waals surface area contributed by atoms with Crippen molar-refractivity contribution in [1.29, 1.82) is 0 Å². The van der Waals surface area contributed by atoms with Crippen LogP contribution in [0.25, 0.3) is 0 Å². The highest BCUT2D eigenvalue weighted by Crippen LogP contribution is 2.39. The van der Waals surface area contributed by atoms with Gasteiger partial charge in [0.05, 0.1) is 19.3 Å². The summed E-state index contributed by atoms with van der Waals surface area (Å²) in [5, 5.41) is 2.36. The number of hydrogen-bond donors (Lipinski definition) is 1. The van der Waals surface area contributed by atoms with Crippen LogP contribution in [0.5, 0.6) is 5.75 Å². The van der Waals surface area contributed by atoms with Crippen molar-refractivity contribution in [2.24, 2.45) is 5.92 Å². The van der Waals surface area contributed by atoms with Crippen molar-refractivity contribution in [2.45, 2.75) is 51.2 Å². The zero-order valence-corrected chi connectivity index (χ0v) is 17.3. The van der Waals surface area contributed by atoms with Gasteiger partial charge in [-0.05, 0) is 80.5 Å². The van der Waals surface area contributed by atoms with Crippen molar-refractivity contribution in [3.63, 3.8) is 0 Å². The Morgan fingerprint density at radius 1 is 1.14 bits per heavy atom. The molecule has 0 saturated carbocycles. The molecule has 1 fully saturated rings. The van der Waals surface area contributed by atoms with Crippen LogP contribution in [0.2, 0.25) is 0 Å². The summed E-state index contributed by atoms with van der Waals surface area (Å²) >= 11 is 0. The van der Waals surface area contributed by atoms with Crippen LogP contribution in [0.3, 0.4) is 0 Å². The van der Waals surface area contributed by atoms with Gasteiger partial charge in [-0.3, -0.25) is 0 Å². The molecule has 0 aromatic heterocycles. The lowest BCUT2D eigenvalue weighted by atomic mass is 9.75. The lowest BCUT2D eigenvalue weighted by molar-refractivity contribution is -0.671. The molecule has 152 valence electrons. The molecule has 2 atom stereocenters. The van der Waals surface area contributed by atoms with Gasteiger partial charge in [0.25, 0.3) is 0 Å². The quantitative estimate of drug-likeness (QED) is 0.688. The van der Waals surface area contributed by atoms with E-state index in [0.29, 0.717) is 11.8 Å². The number of hydrogen-bond acceptors (Lipinski definition) is 2. The normalized spacial score (nSPS) is 19.9. The fourth-order valence-corrected chi connectivity index (χ4v) is 4.33. The van der Waals surface area contributed by atoms with Crippen LogP contribution in [0, 0.1) is 11.7 Å². The Balaban J connectivity index is 1.61. The summed E-state index contributed by atoms with van der Waals surface area (Å²) in [6.45, 7) is 7.17. The molecule has 0 bridgehead atoms. The Morgan fingerprint density at radius 3 is 2.50 bits per heavy atom. The molecule has 0 aliphatic carbocycles. The first-order valence-corrected chi connectivity index (χ1v) is 10.3. The molecule has 0 amide bonds. The minimum Gasteiger partial charge on any atom is -0.497 e. The van der Waals surface area contributed by atoms with Gasteiger partial charge < -0.3 is 14.8 Å². The number of methoxy groups -OCH3 is 1. The first-order valence-electron chi connectivity index (χ1n) is 10.3. The molecule has 1 aliphatic rings. The Hall–Kier alpha value is -1.91. The third kappa shape index (κ3) is 5.79. The van der Waals surface area contributed by atoms with Crippen molar-refractivity contribution in [1.82, 2.24) is 0 Å². The van der Waals surface area contributed by atoms with E-state index in [0.717, 1.165) is 44.7 Å². The Labute approximate surface area is 168 Å². The van der Waals surface area contributed by atoms with E-state index in [9.17, 15) is 4.39 Å².